The van der Waals surface area contributed by atoms with Crippen LogP contribution in [0.15, 0.2) is 58.4 Å². The highest BCUT2D eigenvalue weighted by Crippen LogP contribution is 2.37. The average Bonchev–Trinajstić information content (AvgIpc) is 3.58. The Morgan fingerprint density at radius 1 is 1.03 bits per heavy atom. The van der Waals surface area contributed by atoms with Crippen molar-refractivity contribution in [1.29, 1.82) is 0 Å². The summed E-state index contributed by atoms with van der Waals surface area (Å²) in [7, 11) is 2.02. The Hall–Kier alpha value is -2.88. The zero-order valence-electron chi connectivity index (χ0n) is 16.4. The topological polar surface area (TPSA) is 62.1 Å². The Balaban J connectivity index is 1.20. The highest BCUT2D eigenvalue weighted by atomic mass is 32.2. The molecule has 0 radical (unpaired) electrons. The first-order valence-corrected chi connectivity index (χ1v) is 12.3. The minimum atomic E-state index is 0.277. The van der Waals surface area contributed by atoms with E-state index in [1.54, 1.807) is 34.4 Å². The Morgan fingerprint density at radius 2 is 1.94 bits per heavy atom. The molecule has 1 aliphatic rings. The first-order valence-electron chi connectivity index (χ1n) is 9.59. The van der Waals surface area contributed by atoms with Crippen molar-refractivity contribution < 1.29 is 9.47 Å². The number of thiazole rings is 1. The fraction of sp³-hybridized carbons (Fsp3) is 0.136. The molecule has 0 saturated heterocycles. The van der Waals surface area contributed by atoms with Crippen molar-refractivity contribution >= 4 is 44.5 Å². The molecule has 0 saturated carbocycles. The van der Waals surface area contributed by atoms with Crippen LogP contribution in [-0.2, 0) is 12.8 Å². The van der Waals surface area contributed by atoms with Crippen LogP contribution in [0.2, 0.25) is 0 Å². The van der Waals surface area contributed by atoms with Crippen molar-refractivity contribution in [3.05, 3.63) is 58.9 Å². The largest absolute Gasteiger partial charge is 0.454 e. The van der Waals surface area contributed by atoms with Crippen LogP contribution in [-0.4, -0.2) is 26.5 Å². The molecule has 0 fully saturated rings. The monoisotopic (exact) mass is 464 g/mol. The zero-order valence-corrected chi connectivity index (χ0v) is 18.9. The van der Waals surface area contributed by atoms with E-state index in [-0.39, 0.29) is 6.79 Å². The van der Waals surface area contributed by atoms with Crippen molar-refractivity contribution in [2.75, 3.05) is 6.79 Å². The molecule has 31 heavy (non-hydrogen) atoms. The Kier molecular flexibility index (Phi) is 4.66. The Bertz CT molecular complexity index is 1410. The summed E-state index contributed by atoms with van der Waals surface area (Å²) in [6.07, 6.45) is 0. The van der Waals surface area contributed by atoms with E-state index in [4.69, 9.17) is 14.5 Å². The Morgan fingerprint density at radius 3 is 2.90 bits per heavy atom. The molecule has 0 atom stereocenters. The fourth-order valence-corrected chi connectivity index (χ4v) is 6.17. The molecular weight excluding hydrogens is 448 g/mol. The number of thioether (sulfide) groups is 1. The fourth-order valence-electron chi connectivity index (χ4n) is 3.50. The van der Waals surface area contributed by atoms with Crippen LogP contribution in [0.3, 0.4) is 0 Å². The summed E-state index contributed by atoms with van der Waals surface area (Å²) in [4.78, 5) is 4.79. The van der Waals surface area contributed by atoms with Crippen molar-refractivity contribution in [2.24, 2.45) is 7.05 Å². The molecule has 0 spiro atoms. The number of aromatic nitrogens is 4. The van der Waals surface area contributed by atoms with E-state index >= 15 is 0 Å². The van der Waals surface area contributed by atoms with Crippen molar-refractivity contribution in [1.82, 2.24) is 19.7 Å². The minimum Gasteiger partial charge on any atom is -0.454 e. The average molecular weight is 465 g/mol. The second kappa shape index (κ2) is 7.67. The van der Waals surface area contributed by atoms with Gasteiger partial charge in [0.15, 0.2) is 22.5 Å². The number of thiophene rings is 1. The molecule has 6 nitrogen and oxygen atoms in total. The predicted molar refractivity (Wildman–Crippen MR) is 125 cm³/mol. The lowest BCUT2D eigenvalue weighted by Crippen LogP contribution is -1.94. The first kappa shape index (κ1) is 18.9. The molecule has 0 N–H and O–H groups in total. The van der Waals surface area contributed by atoms with Gasteiger partial charge in [0, 0.05) is 44.8 Å². The SMILES string of the molecule is Cn1c(SCc2csc(-c3ccc4c(c3)OCO4)n2)nnc1-c1csc2ccccc12. The molecular formula is C22H16N4O2S3. The number of hydrogen-bond acceptors (Lipinski definition) is 8. The van der Waals surface area contributed by atoms with Gasteiger partial charge in [-0.1, -0.05) is 30.0 Å². The molecule has 4 heterocycles. The van der Waals surface area contributed by atoms with Gasteiger partial charge in [-0.15, -0.1) is 32.9 Å². The van der Waals surface area contributed by atoms with E-state index in [1.807, 2.05) is 25.2 Å². The summed E-state index contributed by atoms with van der Waals surface area (Å²) in [5.41, 5.74) is 3.19. The summed E-state index contributed by atoms with van der Waals surface area (Å²) in [6.45, 7) is 0.277. The van der Waals surface area contributed by atoms with E-state index in [9.17, 15) is 0 Å². The molecule has 1 aliphatic heterocycles. The van der Waals surface area contributed by atoms with Gasteiger partial charge in [-0.3, -0.25) is 0 Å². The number of rotatable bonds is 5. The predicted octanol–water partition coefficient (Wildman–Crippen LogP) is 5.84. The van der Waals surface area contributed by atoms with Gasteiger partial charge in [0.25, 0.3) is 0 Å². The molecule has 3 aromatic heterocycles. The van der Waals surface area contributed by atoms with E-state index in [1.165, 1.54) is 10.1 Å². The number of benzene rings is 2. The van der Waals surface area contributed by atoms with E-state index < -0.39 is 0 Å². The number of fused-ring (bicyclic) bond motifs is 2. The van der Waals surface area contributed by atoms with E-state index in [0.717, 1.165) is 50.1 Å². The maximum Gasteiger partial charge on any atom is 0.231 e. The van der Waals surface area contributed by atoms with Crippen LogP contribution in [0.5, 0.6) is 11.5 Å². The van der Waals surface area contributed by atoms with Crippen LogP contribution in [0.25, 0.3) is 32.0 Å². The molecule has 6 rings (SSSR count). The van der Waals surface area contributed by atoms with Crippen LogP contribution < -0.4 is 9.47 Å². The second-order valence-corrected chi connectivity index (χ2v) is 9.72. The van der Waals surface area contributed by atoms with Gasteiger partial charge in [0.05, 0.1) is 5.69 Å². The molecule has 0 amide bonds. The van der Waals surface area contributed by atoms with Crippen LogP contribution >= 0.6 is 34.4 Å². The standard InChI is InChI=1S/C22H16N4O2S3/c1-26-20(16-11-29-19-5-3-2-4-15(16)19)24-25-22(26)31-10-14-9-30-21(23-14)13-6-7-17-18(8-13)28-12-27-17/h2-9,11H,10,12H2,1H3. The summed E-state index contributed by atoms with van der Waals surface area (Å²) in [5, 5.41) is 16.2. The summed E-state index contributed by atoms with van der Waals surface area (Å²) in [5.74, 6) is 3.18. The normalized spacial score (nSPS) is 12.7. The van der Waals surface area contributed by atoms with Gasteiger partial charge < -0.3 is 14.0 Å². The van der Waals surface area contributed by atoms with Gasteiger partial charge in [0.1, 0.15) is 5.01 Å². The lowest BCUT2D eigenvalue weighted by molar-refractivity contribution is 0.174. The van der Waals surface area contributed by atoms with Crippen LogP contribution in [0, 0.1) is 0 Å². The zero-order chi connectivity index (χ0) is 20.8. The maximum absolute atomic E-state index is 5.48. The smallest absolute Gasteiger partial charge is 0.231 e. The van der Waals surface area contributed by atoms with Gasteiger partial charge >= 0.3 is 0 Å². The van der Waals surface area contributed by atoms with Gasteiger partial charge in [-0.05, 0) is 24.3 Å². The van der Waals surface area contributed by atoms with Crippen molar-refractivity contribution in [3.8, 4) is 33.5 Å². The molecule has 2 aromatic carbocycles. The number of nitrogens with zero attached hydrogens (tertiary/aromatic N) is 4. The third-order valence-corrected chi connectivity index (χ3v) is 8.03. The van der Waals surface area contributed by atoms with Crippen molar-refractivity contribution in [3.63, 3.8) is 0 Å². The van der Waals surface area contributed by atoms with Crippen LogP contribution in [0.4, 0.5) is 0 Å². The van der Waals surface area contributed by atoms with E-state index in [0.29, 0.717) is 0 Å². The molecule has 154 valence electrons. The molecule has 0 bridgehead atoms. The number of ether oxygens (including phenoxy) is 2. The second-order valence-electron chi connectivity index (χ2n) is 7.01. The summed E-state index contributed by atoms with van der Waals surface area (Å²) in [6, 6.07) is 14.3. The lowest BCUT2D eigenvalue weighted by atomic mass is 10.2. The lowest BCUT2D eigenvalue weighted by Gasteiger charge is -2.02. The first-order chi connectivity index (χ1) is 15.3. The molecule has 5 aromatic rings. The number of hydrogen-bond donors (Lipinski definition) is 0. The molecule has 0 aliphatic carbocycles. The molecule has 9 heteroatoms. The van der Waals surface area contributed by atoms with Crippen molar-refractivity contribution in [2.45, 2.75) is 10.9 Å². The highest BCUT2D eigenvalue weighted by molar-refractivity contribution is 7.98. The van der Waals surface area contributed by atoms with Gasteiger partial charge in [0.2, 0.25) is 6.79 Å². The third kappa shape index (κ3) is 3.38. The van der Waals surface area contributed by atoms with Crippen LogP contribution in [0.1, 0.15) is 5.69 Å². The van der Waals surface area contributed by atoms with Gasteiger partial charge in [-0.2, -0.15) is 0 Å². The molecule has 0 unspecified atom stereocenters. The third-order valence-electron chi connectivity index (χ3n) is 5.08. The van der Waals surface area contributed by atoms with E-state index in [2.05, 4.69) is 49.8 Å². The van der Waals surface area contributed by atoms with Gasteiger partial charge in [-0.25, -0.2) is 4.98 Å². The summed E-state index contributed by atoms with van der Waals surface area (Å²) < 4.78 is 14.2. The maximum atomic E-state index is 5.48. The quantitative estimate of drug-likeness (QED) is 0.305. The highest BCUT2D eigenvalue weighted by Gasteiger charge is 2.17. The Labute approximate surface area is 190 Å². The summed E-state index contributed by atoms with van der Waals surface area (Å²) >= 11 is 5.01. The minimum absolute atomic E-state index is 0.277.